The molecule has 4 heteroatoms. The molecule has 1 atom stereocenters. The molecule has 0 radical (unpaired) electrons. The Labute approximate surface area is 158 Å². The molecule has 3 nitrogen and oxygen atoms in total. The smallest absolute Gasteiger partial charge is 0.224 e. The Morgan fingerprint density at radius 1 is 1.20 bits per heavy atom. The second-order valence-corrected chi connectivity index (χ2v) is 7.82. The Balaban J connectivity index is 1.51. The molecule has 0 spiro atoms. The minimum atomic E-state index is 0.0892. The molecular weight excluding hydrogens is 376 g/mol. The van der Waals surface area contributed by atoms with E-state index in [0.29, 0.717) is 6.54 Å². The van der Waals surface area contributed by atoms with Gasteiger partial charge in [-0.25, -0.2) is 0 Å². The zero-order valence-electron chi connectivity index (χ0n) is 14.7. The molecule has 1 N–H and O–H groups in total. The third-order valence-corrected chi connectivity index (χ3v) is 5.25. The van der Waals surface area contributed by atoms with Crippen molar-refractivity contribution in [2.24, 2.45) is 5.92 Å². The van der Waals surface area contributed by atoms with Gasteiger partial charge in [0, 0.05) is 24.1 Å². The van der Waals surface area contributed by atoms with Crippen LogP contribution in [0.1, 0.15) is 29.5 Å². The molecule has 1 fully saturated rings. The molecule has 25 heavy (non-hydrogen) atoms. The highest BCUT2D eigenvalue weighted by atomic mass is 79.9. The van der Waals surface area contributed by atoms with Crippen LogP contribution in [0.3, 0.4) is 0 Å². The fourth-order valence-corrected chi connectivity index (χ4v) is 3.79. The summed E-state index contributed by atoms with van der Waals surface area (Å²) >= 11 is 3.53. The Morgan fingerprint density at radius 2 is 2.00 bits per heavy atom. The highest BCUT2D eigenvalue weighted by Gasteiger charge is 2.25. The number of halogens is 1. The van der Waals surface area contributed by atoms with Crippen LogP contribution in [0.25, 0.3) is 0 Å². The second-order valence-electron chi connectivity index (χ2n) is 6.91. The normalized spacial score (nSPS) is 18.1. The van der Waals surface area contributed by atoms with E-state index in [9.17, 15) is 4.79 Å². The van der Waals surface area contributed by atoms with Gasteiger partial charge in [0.15, 0.2) is 0 Å². The highest BCUT2D eigenvalue weighted by Crippen LogP contribution is 2.20. The molecule has 132 valence electrons. The molecule has 1 unspecified atom stereocenters. The maximum Gasteiger partial charge on any atom is 0.224 e. The molecular formula is C21H25BrN2O. The zero-order valence-corrected chi connectivity index (χ0v) is 16.3. The number of aryl methyl sites for hydroxylation is 1. The first kappa shape index (κ1) is 18.2. The lowest BCUT2D eigenvalue weighted by Crippen LogP contribution is -2.42. The summed E-state index contributed by atoms with van der Waals surface area (Å²) in [4.78, 5) is 14.9. The fourth-order valence-electron chi connectivity index (χ4n) is 3.35. The van der Waals surface area contributed by atoms with E-state index in [2.05, 4.69) is 75.5 Å². The van der Waals surface area contributed by atoms with Gasteiger partial charge < -0.3 is 5.32 Å². The van der Waals surface area contributed by atoms with E-state index in [1.54, 1.807) is 0 Å². The molecule has 2 aromatic carbocycles. The van der Waals surface area contributed by atoms with Gasteiger partial charge in [0.25, 0.3) is 0 Å². The average molecular weight is 401 g/mol. The lowest BCUT2D eigenvalue weighted by Gasteiger charge is -2.32. The van der Waals surface area contributed by atoms with Crippen molar-refractivity contribution in [3.05, 3.63) is 69.7 Å². The first-order valence-corrected chi connectivity index (χ1v) is 9.69. The number of nitrogens with one attached hydrogen (secondary N) is 1. The maximum atomic E-state index is 12.5. The molecule has 0 saturated carbocycles. The van der Waals surface area contributed by atoms with Crippen molar-refractivity contribution in [1.29, 1.82) is 0 Å². The number of piperidine rings is 1. The second kappa shape index (κ2) is 8.63. The van der Waals surface area contributed by atoms with Gasteiger partial charge in [-0.15, -0.1) is 0 Å². The van der Waals surface area contributed by atoms with E-state index in [0.717, 1.165) is 42.5 Å². The summed E-state index contributed by atoms with van der Waals surface area (Å²) in [6.07, 6.45) is 2.06. The lowest BCUT2D eigenvalue weighted by molar-refractivity contribution is -0.126. The van der Waals surface area contributed by atoms with Gasteiger partial charge >= 0.3 is 0 Å². The molecule has 0 aliphatic carbocycles. The van der Waals surface area contributed by atoms with Crippen molar-refractivity contribution in [3.63, 3.8) is 0 Å². The zero-order chi connectivity index (χ0) is 17.6. The van der Waals surface area contributed by atoms with Crippen LogP contribution in [0.2, 0.25) is 0 Å². The molecule has 1 heterocycles. The highest BCUT2D eigenvalue weighted by molar-refractivity contribution is 9.10. The van der Waals surface area contributed by atoms with Gasteiger partial charge in [-0.05, 0) is 49.6 Å². The number of rotatable bonds is 5. The summed E-state index contributed by atoms with van der Waals surface area (Å²) in [6.45, 7) is 5.49. The number of hydrogen-bond donors (Lipinski definition) is 1. The Hall–Kier alpha value is -1.65. The number of benzene rings is 2. The van der Waals surface area contributed by atoms with E-state index in [1.165, 1.54) is 11.1 Å². The summed E-state index contributed by atoms with van der Waals surface area (Å²) < 4.78 is 1.11. The van der Waals surface area contributed by atoms with Crippen LogP contribution >= 0.6 is 15.9 Å². The van der Waals surface area contributed by atoms with E-state index < -0.39 is 0 Å². The molecule has 1 aliphatic rings. The van der Waals surface area contributed by atoms with Gasteiger partial charge in [0.2, 0.25) is 5.91 Å². The van der Waals surface area contributed by atoms with Crippen molar-refractivity contribution in [2.75, 3.05) is 13.1 Å². The molecule has 3 rings (SSSR count). The van der Waals surface area contributed by atoms with Crippen LogP contribution in [0, 0.1) is 12.8 Å². The van der Waals surface area contributed by atoms with Crippen LogP contribution in [0.15, 0.2) is 53.0 Å². The Morgan fingerprint density at radius 3 is 2.76 bits per heavy atom. The van der Waals surface area contributed by atoms with Crippen molar-refractivity contribution in [3.8, 4) is 0 Å². The topological polar surface area (TPSA) is 32.3 Å². The monoisotopic (exact) mass is 400 g/mol. The number of carbonyl (C=O) groups excluding carboxylic acids is 1. The third kappa shape index (κ3) is 5.41. The van der Waals surface area contributed by atoms with Gasteiger partial charge in [-0.3, -0.25) is 9.69 Å². The number of amides is 1. The molecule has 1 amide bonds. The van der Waals surface area contributed by atoms with Crippen LogP contribution in [-0.2, 0) is 17.9 Å². The van der Waals surface area contributed by atoms with Crippen LogP contribution in [0.5, 0.6) is 0 Å². The minimum Gasteiger partial charge on any atom is -0.352 e. The van der Waals surface area contributed by atoms with Crippen LogP contribution in [-0.4, -0.2) is 23.9 Å². The summed E-state index contributed by atoms with van der Waals surface area (Å²) in [5.41, 5.74) is 3.68. The van der Waals surface area contributed by atoms with Crippen molar-refractivity contribution < 1.29 is 4.79 Å². The van der Waals surface area contributed by atoms with Gasteiger partial charge in [-0.2, -0.15) is 0 Å². The molecule has 2 aromatic rings. The van der Waals surface area contributed by atoms with Crippen LogP contribution in [0.4, 0.5) is 0 Å². The van der Waals surface area contributed by atoms with Crippen molar-refractivity contribution in [2.45, 2.75) is 32.9 Å². The third-order valence-electron chi connectivity index (χ3n) is 4.76. The van der Waals surface area contributed by atoms with E-state index in [-0.39, 0.29) is 11.8 Å². The molecule has 0 bridgehead atoms. The SMILES string of the molecule is Cc1ccc(CNC(=O)C2CCCN(Cc3cccc(Br)c3)C2)cc1. The molecule has 0 aromatic heterocycles. The summed E-state index contributed by atoms with van der Waals surface area (Å²) in [7, 11) is 0. The summed E-state index contributed by atoms with van der Waals surface area (Å²) in [5, 5.41) is 3.11. The minimum absolute atomic E-state index is 0.0892. The van der Waals surface area contributed by atoms with Crippen LogP contribution < -0.4 is 5.32 Å². The maximum absolute atomic E-state index is 12.5. The summed E-state index contributed by atoms with van der Waals surface area (Å²) in [6, 6.07) is 16.7. The van der Waals surface area contributed by atoms with Crippen molar-refractivity contribution >= 4 is 21.8 Å². The standard InChI is InChI=1S/C21H25BrN2O/c1-16-7-9-17(10-8-16)13-23-21(25)19-5-3-11-24(15-19)14-18-4-2-6-20(22)12-18/h2,4,6-10,12,19H,3,5,11,13-15H2,1H3,(H,23,25). The number of hydrogen-bond acceptors (Lipinski definition) is 2. The number of nitrogens with zero attached hydrogens (tertiary/aromatic N) is 1. The number of likely N-dealkylation sites (tertiary alicyclic amines) is 1. The predicted molar refractivity (Wildman–Crippen MR) is 105 cm³/mol. The van der Waals surface area contributed by atoms with Crippen molar-refractivity contribution in [1.82, 2.24) is 10.2 Å². The molecule has 1 saturated heterocycles. The van der Waals surface area contributed by atoms with E-state index in [4.69, 9.17) is 0 Å². The Kier molecular flexibility index (Phi) is 6.27. The Bertz CT molecular complexity index is 714. The first-order valence-electron chi connectivity index (χ1n) is 8.90. The molecule has 1 aliphatic heterocycles. The van der Waals surface area contributed by atoms with Gasteiger partial charge in [0.1, 0.15) is 0 Å². The predicted octanol–water partition coefficient (Wildman–Crippen LogP) is 4.29. The summed E-state index contributed by atoms with van der Waals surface area (Å²) in [5.74, 6) is 0.269. The van der Waals surface area contributed by atoms with E-state index >= 15 is 0 Å². The quantitative estimate of drug-likeness (QED) is 0.811. The number of carbonyl (C=O) groups is 1. The first-order chi connectivity index (χ1) is 12.1. The fraction of sp³-hybridized carbons (Fsp3) is 0.381. The van der Waals surface area contributed by atoms with Gasteiger partial charge in [-0.1, -0.05) is 57.9 Å². The largest absolute Gasteiger partial charge is 0.352 e. The lowest BCUT2D eigenvalue weighted by atomic mass is 9.96. The average Bonchev–Trinajstić information content (AvgIpc) is 2.61. The van der Waals surface area contributed by atoms with Gasteiger partial charge in [0.05, 0.1) is 5.92 Å². The van der Waals surface area contributed by atoms with E-state index in [1.807, 2.05) is 6.07 Å².